The van der Waals surface area contributed by atoms with Crippen LogP contribution < -0.4 is 0 Å². The summed E-state index contributed by atoms with van der Waals surface area (Å²) in [4.78, 5) is 4.86. The third kappa shape index (κ3) is 1.83. The minimum absolute atomic E-state index is 0.0782. The summed E-state index contributed by atoms with van der Waals surface area (Å²) < 4.78 is 2.10. The molecule has 3 nitrogen and oxygen atoms in total. The molecule has 1 atom stereocenters. The summed E-state index contributed by atoms with van der Waals surface area (Å²) >= 11 is 0. The van der Waals surface area contributed by atoms with E-state index in [1.165, 1.54) is 5.57 Å². The highest BCUT2D eigenvalue weighted by Crippen LogP contribution is 2.51. The van der Waals surface area contributed by atoms with Crippen LogP contribution in [0.4, 0.5) is 0 Å². The van der Waals surface area contributed by atoms with Crippen LogP contribution in [-0.2, 0) is 5.54 Å². The van der Waals surface area contributed by atoms with Gasteiger partial charge >= 0.3 is 0 Å². The molecule has 0 fully saturated rings. The van der Waals surface area contributed by atoms with E-state index in [0.717, 1.165) is 29.2 Å². The van der Waals surface area contributed by atoms with E-state index < -0.39 is 0 Å². The molecule has 23 heavy (non-hydrogen) atoms. The molecule has 5 rings (SSSR count). The maximum atomic E-state index is 4.87. The number of hydrogen-bond acceptors (Lipinski definition) is 2. The predicted molar refractivity (Wildman–Crippen MR) is 90.7 cm³/mol. The van der Waals surface area contributed by atoms with Crippen LogP contribution >= 0.6 is 0 Å². The molecule has 0 aliphatic heterocycles. The molecular weight excluding hydrogens is 282 g/mol. The number of allylic oxidation sites excluding steroid dienone is 4. The minimum Gasteiger partial charge on any atom is -0.230 e. The molecule has 0 saturated carbocycles. The van der Waals surface area contributed by atoms with Crippen molar-refractivity contribution in [2.45, 2.75) is 12.0 Å². The Morgan fingerprint density at radius 2 is 1.57 bits per heavy atom. The number of benzene rings is 2. The first-order valence-electron chi connectivity index (χ1n) is 7.85. The molecule has 1 aromatic heterocycles. The lowest BCUT2D eigenvalue weighted by atomic mass is 10.1. The van der Waals surface area contributed by atoms with Crippen LogP contribution in [0.5, 0.6) is 0 Å². The number of rotatable bonds is 3. The van der Waals surface area contributed by atoms with E-state index in [4.69, 9.17) is 10.1 Å². The number of hydrogen-bond donors (Lipinski definition) is 0. The molecule has 3 heteroatoms. The van der Waals surface area contributed by atoms with E-state index in [-0.39, 0.29) is 5.54 Å². The van der Waals surface area contributed by atoms with Crippen LogP contribution in [0.3, 0.4) is 0 Å². The second-order valence-electron chi connectivity index (χ2n) is 6.03. The zero-order valence-electron chi connectivity index (χ0n) is 12.6. The summed E-state index contributed by atoms with van der Waals surface area (Å²) in [5.74, 6) is 1.71. The van der Waals surface area contributed by atoms with Crippen molar-refractivity contribution in [1.82, 2.24) is 14.8 Å². The van der Waals surface area contributed by atoms with Crippen LogP contribution in [0.1, 0.15) is 6.42 Å². The van der Waals surface area contributed by atoms with Gasteiger partial charge in [-0.1, -0.05) is 72.8 Å². The van der Waals surface area contributed by atoms with E-state index in [9.17, 15) is 0 Å². The van der Waals surface area contributed by atoms with Gasteiger partial charge in [-0.2, -0.15) is 0 Å². The number of nitrogens with zero attached hydrogens (tertiary/aromatic N) is 3. The van der Waals surface area contributed by atoms with Crippen molar-refractivity contribution in [2.24, 2.45) is 0 Å². The Morgan fingerprint density at radius 1 is 0.870 bits per heavy atom. The summed E-state index contributed by atoms with van der Waals surface area (Å²) in [7, 11) is 0. The van der Waals surface area contributed by atoms with Gasteiger partial charge in [0.1, 0.15) is 5.54 Å². The van der Waals surface area contributed by atoms with Crippen molar-refractivity contribution in [2.75, 3.05) is 0 Å². The highest BCUT2D eigenvalue weighted by molar-refractivity contribution is 5.65. The molecule has 2 aliphatic rings. The van der Waals surface area contributed by atoms with Gasteiger partial charge in [0.2, 0.25) is 0 Å². The van der Waals surface area contributed by atoms with Crippen molar-refractivity contribution in [3.8, 4) is 22.8 Å². The Balaban J connectivity index is 1.69. The molecule has 0 amide bonds. The average molecular weight is 297 g/mol. The summed E-state index contributed by atoms with van der Waals surface area (Å²) in [6.45, 7) is 0. The molecule has 2 aromatic carbocycles. The predicted octanol–water partition coefficient (Wildman–Crippen LogP) is 4.21. The first-order valence-corrected chi connectivity index (χ1v) is 7.85. The molecule has 0 saturated heterocycles. The largest absolute Gasteiger partial charge is 0.230 e. The minimum atomic E-state index is -0.0782. The summed E-state index contributed by atoms with van der Waals surface area (Å²) in [5.41, 5.74) is 3.42. The van der Waals surface area contributed by atoms with Gasteiger partial charge in [0.15, 0.2) is 11.6 Å². The van der Waals surface area contributed by atoms with Crippen molar-refractivity contribution in [3.63, 3.8) is 0 Å². The van der Waals surface area contributed by atoms with Crippen LogP contribution in [0, 0.1) is 0 Å². The Bertz CT molecular complexity index is 936. The first kappa shape index (κ1) is 12.6. The summed E-state index contributed by atoms with van der Waals surface area (Å²) in [5, 5.41) is 4.87. The van der Waals surface area contributed by atoms with Gasteiger partial charge in [0.05, 0.1) is 0 Å². The van der Waals surface area contributed by atoms with E-state index in [0.29, 0.717) is 0 Å². The molecular formula is C20H15N3. The fraction of sp³-hybridized carbons (Fsp3) is 0.100. The van der Waals surface area contributed by atoms with Gasteiger partial charge < -0.3 is 0 Å². The fourth-order valence-electron chi connectivity index (χ4n) is 3.30. The quantitative estimate of drug-likeness (QED) is 0.725. The Hall–Kier alpha value is -2.94. The van der Waals surface area contributed by atoms with Crippen molar-refractivity contribution in [3.05, 3.63) is 84.5 Å². The van der Waals surface area contributed by atoms with Crippen LogP contribution in [-0.4, -0.2) is 14.8 Å². The zero-order valence-corrected chi connectivity index (χ0v) is 12.6. The number of aromatic nitrogens is 3. The Morgan fingerprint density at radius 3 is 2.17 bits per heavy atom. The Labute approximate surface area is 134 Å². The normalized spacial score (nSPS) is 21.1. The lowest BCUT2D eigenvalue weighted by molar-refractivity contribution is 0.487. The molecule has 0 N–H and O–H groups in total. The highest BCUT2D eigenvalue weighted by Gasteiger charge is 2.49. The molecule has 0 bridgehead atoms. The van der Waals surface area contributed by atoms with Gasteiger partial charge in [-0.25, -0.2) is 9.67 Å². The fourth-order valence-corrected chi connectivity index (χ4v) is 3.30. The molecule has 110 valence electrons. The van der Waals surface area contributed by atoms with Crippen LogP contribution in [0.15, 0.2) is 84.5 Å². The molecule has 0 spiro atoms. The monoisotopic (exact) mass is 297 g/mol. The second-order valence-corrected chi connectivity index (χ2v) is 6.03. The lowest BCUT2D eigenvalue weighted by Gasteiger charge is -2.16. The topological polar surface area (TPSA) is 30.7 Å². The molecule has 0 radical (unpaired) electrons. The maximum absolute atomic E-state index is 4.87. The first-order chi connectivity index (χ1) is 11.4. The third-order valence-corrected chi connectivity index (χ3v) is 4.59. The van der Waals surface area contributed by atoms with E-state index in [1.807, 2.05) is 36.4 Å². The highest BCUT2D eigenvalue weighted by atomic mass is 15.4. The SMILES string of the molecule is C1=CC2=CC2(n2nc(-c3ccccc3)nc2-c2ccccc2)C1. The second kappa shape index (κ2) is 4.53. The maximum Gasteiger partial charge on any atom is 0.181 e. The molecule has 2 aliphatic carbocycles. The van der Waals surface area contributed by atoms with Gasteiger partial charge in [-0.05, 0) is 18.1 Å². The van der Waals surface area contributed by atoms with Gasteiger partial charge in [-0.15, -0.1) is 5.10 Å². The van der Waals surface area contributed by atoms with Gasteiger partial charge in [-0.3, -0.25) is 0 Å². The lowest BCUT2D eigenvalue weighted by Crippen LogP contribution is -2.21. The van der Waals surface area contributed by atoms with E-state index >= 15 is 0 Å². The third-order valence-electron chi connectivity index (χ3n) is 4.59. The van der Waals surface area contributed by atoms with Crippen LogP contribution in [0.25, 0.3) is 22.8 Å². The number of fused-ring (bicyclic) bond motifs is 1. The van der Waals surface area contributed by atoms with Gasteiger partial charge in [0, 0.05) is 11.1 Å². The average Bonchev–Trinajstić information content (AvgIpc) is 3.00. The van der Waals surface area contributed by atoms with Crippen molar-refractivity contribution >= 4 is 0 Å². The smallest absolute Gasteiger partial charge is 0.181 e. The van der Waals surface area contributed by atoms with Crippen molar-refractivity contribution < 1.29 is 0 Å². The van der Waals surface area contributed by atoms with Crippen molar-refractivity contribution in [1.29, 1.82) is 0 Å². The Kier molecular flexibility index (Phi) is 2.48. The molecule has 1 unspecified atom stereocenters. The van der Waals surface area contributed by atoms with Crippen LogP contribution in [0.2, 0.25) is 0 Å². The zero-order chi connectivity index (χ0) is 15.3. The molecule has 3 aromatic rings. The molecule has 1 heterocycles. The standard InChI is InChI=1S/C20H15N3/c1-3-8-15(9-4-1)18-21-19(16-10-5-2-6-11-16)23(22-18)20-13-7-12-17(20)14-20/h1-12,14H,13H2. The summed E-state index contributed by atoms with van der Waals surface area (Å²) in [6.07, 6.45) is 7.66. The van der Waals surface area contributed by atoms with Gasteiger partial charge in [0.25, 0.3) is 0 Å². The van der Waals surface area contributed by atoms with E-state index in [1.54, 1.807) is 0 Å². The van der Waals surface area contributed by atoms with E-state index in [2.05, 4.69) is 47.2 Å². The summed E-state index contributed by atoms with van der Waals surface area (Å²) in [6, 6.07) is 20.5.